The fourth-order valence-corrected chi connectivity index (χ4v) is 3.07. The minimum atomic E-state index is -0.435. The molecular formula is C15H25N3O2S. The van der Waals surface area contributed by atoms with Crippen molar-refractivity contribution in [3.05, 3.63) is 16.1 Å². The minimum Gasteiger partial charge on any atom is -0.444 e. The molecule has 1 aliphatic rings. The second-order valence-corrected chi connectivity index (χ2v) is 7.47. The van der Waals surface area contributed by atoms with Gasteiger partial charge < -0.3 is 15.0 Å². The van der Waals surface area contributed by atoms with Crippen molar-refractivity contribution in [2.75, 3.05) is 13.1 Å². The lowest BCUT2D eigenvalue weighted by Gasteiger charge is -2.34. The first kappa shape index (κ1) is 16.2. The fourth-order valence-electron chi connectivity index (χ4n) is 2.35. The van der Waals surface area contributed by atoms with Crippen LogP contribution in [0.15, 0.2) is 5.38 Å². The first-order chi connectivity index (χ1) is 9.83. The molecule has 0 aromatic carbocycles. The molecule has 5 nitrogen and oxygen atoms in total. The zero-order valence-electron chi connectivity index (χ0n) is 13.3. The predicted molar refractivity (Wildman–Crippen MR) is 84.5 cm³/mol. The topological polar surface area (TPSA) is 54.5 Å². The Morgan fingerprint density at radius 3 is 2.95 bits per heavy atom. The lowest BCUT2D eigenvalue weighted by Crippen LogP contribution is -2.49. The Morgan fingerprint density at radius 1 is 1.57 bits per heavy atom. The summed E-state index contributed by atoms with van der Waals surface area (Å²) in [5.41, 5.74) is 0.631. The number of nitrogens with one attached hydrogen (secondary N) is 1. The zero-order valence-corrected chi connectivity index (χ0v) is 14.1. The Morgan fingerprint density at radius 2 is 2.33 bits per heavy atom. The van der Waals surface area contributed by atoms with Gasteiger partial charge in [0.15, 0.2) is 0 Å². The molecule has 1 atom stereocenters. The Labute approximate surface area is 130 Å². The molecule has 0 radical (unpaired) electrons. The van der Waals surface area contributed by atoms with Crippen molar-refractivity contribution in [1.29, 1.82) is 0 Å². The van der Waals surface area contributed by atoms with Gasteiger partial charge in [0.2, 0.25) is 0 Å². The molecule has 1 aliphatic heterocycles. The summed E-state index contributed by atoms with van der Waals surface area (Å²) in [4.78, 5) is 18.4. The van der Waals surface area contributed by atoms with Gasteiger partial charge in [-0.05, 0) is 40.5 Å². The van der Waals surface area contributed by atoms with Crippen molar-refractivity contribution < 1.29 is 9.53 Å². The van der Waals surface area contributed by atoms with Crippen LogP contribution < -0.4 is 5.32 Å². The average molecular weight is 311 g/mol. The number of rotatable bonds is 3. The number of likely N-dealkylation sites (tertiary alicyclic amines) is 1. The average Bonchev–Trinajstić information content (AvgIpc) is 2.81. The maximum atomic E-state index is 12.1. The van der Waals surface area contributed by atoms with Gasteiger partial charge in [-0.3, -0.25) is 0 Å². The number of hydrogen-bond acceptors (Lipinski definition) is 5. The van der Waals surface area contributed by atoms with Crippen molar-refractivity contribution in [3.8, 4) is 0 Å². The van der Waals surface area contributed by atoms with Gasteiger partial charge in [0.25, 0.3) is 0 Å². The summed E-state index contributed by atoms with van der Waals surface area (Å²) in [6.07, 6.45) is 1.89. The summed E-state index contributed by atoms with van der Waals surface area (Å²) in [5, 5.41) is 6.66. The van der Waals surface area contributed by atoms with Gasteiger partial charge >= 0.3 is 6.09 Å². The van der Waals surface area contributed by atoms with Crippen LogP contribution in [0.3, 0.4) is 0 Å². The molecule has 0 spiro atoms. The largest absolute Gasteiger partial charge is 0.444 e. The van der Waals surface area contributed by atoms with E-state index < -0.39 is 5.60 Å². The quantitative estimate of drug-likeness (QED) is 0.932. The minimum absolute atomic E-state index is 0.209. The van der Waals surface area contributed by atoms with Crippen molar-refractivity contribution in [3.63, 3.8) is 0 Å². The molecule has 21 heavy (non-hydrogen) atoms. The second kappa shape index (κ2) is 6.75. The summed E-state index contributed by atoms with van der Waals surface area (Å²) in [7, 11) is 0. The third-order valence-corrected chi connectivity index (χ3v) is 4.25. The number of thiazole rings is 1. The molecule has 0 bridgehead atoms. The molecule has 1 amide bonds. The Bertz CT molecular complexity index is 482. The maximum absolute atomic E-state index is 12.1. The zero-order chi connectivity index (χ0) is 15.5. The summed E-state index contributed by atoms with van der Waals surface area (Å²) < 4.78 is 5.44. The number of hydrogen-bond donors (Lipinski definition) is 1. The van der Waals surface area contributed by atoms with Crippen molar-refractivity contribution in [2.24, 2.45) is 0 Å². The maximum Gasteiger partial charge on any atom is 0.410 e. The van der Waals surface area contributed by atoms with Gasteiger partial charge in [-0.1, -0.05) is 0 Å². The van der Waals surface area contributed by atoms with Crippen LogP contribution in [0, 0.1) is 6.92 Å². The first-order valence-electron chi connectivity index (χ1n) is 7.46. The highest BCUT2D eigenvalue weighted by Gasteiger charge is 2.27. The number of aromatic nitrogens is 1. The molecule has 6 heteroatoms. The molecule has 118 valence electrons. The van der Waals surface area contributed by atoms with Gasteiger partial charge in [0, 0.05) is 36.8 Å². The van der Waals surface area contributed by atoms with E-state index in [0.29, 0.717) is 12.6 Å². The van der Waals surface area contributed by atoms with E-state index in [1.807, 2.05) is 27.7 Å². The van der Waals surface area contributed by atoms with Gasteiger partial charge in [0.1, 0.15) is 10.6 Å². The molecule has 1 aromatic rings. The van der Waals surface area contributed by atoms with E-state index in [2.05, 4.69) is 15.7 Å². The molecule has 1 fully saturated rings. The van der Waals surface area contributed by atoms with Crippen LogP contribution in [0.5, 0.6) is 0 Å². The van der Waals surface area contributed by atoms with Gasteiger partial charge in [-0.15, -0.1) is 11.3 Å². The van der Waals surface area contributed by atoms with Gasteiger partial charge in [-0.25, -0.2) is 9.78 Å². The van der Waals surface area contributed by atoms with Crippen molar-refractivity contribution >= 4 is 17.4 Å². The van der Waals surface area contributed by atoms with Crippen LogP contribution in [0.4, 0.5) is 4.79 Å². The van der Waals surface area contributed by atoms with E-state index in [1.54, 1.807) is 16.2 Å². The van der Waals surface area contributed by atoms with E-state index in [0.717, 1.165) is 36.6 Å². The number of piperidine rings is 1. The van der Waals surface area contributed by atoms with Crippen molar-refractivity contribution in [2.45, 2.75) is 58.7 Å². The molecule has 0 saturated carbocycles. The Hall–Kier alpha value is -1.14. The Balaban J connectivity index is 1.81. The normalized spacial score (nSPS) is 19.6. The number of aryl methyl sites for hydroxylation is 1. The summed E-state index contributed by atoms with van der Waals surface area (Å²) >= 11 is 1.67. The molecule has 1 saturated heterocycles. The van der Waals surface area contributed by atoms with Crippen molar-refractivity contribution in [1.82, 2.24) is 15.2 Å². The van der Waals surface area contributed by atoms with Gasteiger partial charge in [0.05, 0.1) is 0 Å². The molecule has 0 aliphatic carbocycles. The standard InChI is InChI=1S/C15H25N3O2S/c1-11-10-21-13(17-11)8-16-12-6-5-7-18(9-12)14(19)20-15(2,3)4/h10,12,16H,5-9H2,1-4H3/t12-/m0/s1. The highest BCUT2D eigenvalue weighted by atomic mass is 32.1. The Kier molecular flexibility index (Phi) is 5.22. The van der Waals surface area contributed by atoms with Crippen LogP contribution in [0.2, 0.25) is 0 Å². The fraction of sp³-hybridized carbons (Fsp3) is 0.733. The van der Waals surface area contributed by atoms with Crippen LogP contribution in [-0.2, 0) is 11.3 Å². The summed E-state index contributed by atoms with van der Waals surface area (Å²) in [5.74, 6) is 0. The lowest BCUT2D eigenvalue weighted by molar-refractivity contribution is 0.0187. The van der Waals surface area contributed by atoms with E-state index in [-0.39, 0.29) is 6.09 Å². The molecule has 1 aromatic heterocycles. The monoisotopic (exact) mass is 311 g/mol. The number of ether oxygens (including phenoxy) is 1. The molecule has 0 unspecified atom stereocenters. The van der Waals surface area contributed by atoms with Crippen LogP contribution in [-0.4, -0.2) is 40.7 Å². The van der Waals surface area contributed by atoms with E-state index in [9.17, 15) is 4.79 Å². The van der Waals surface area contributed by atoms with E-state index in [4.69, 9.17) is 4.74 Å². The SMILES string of the molecule is Cc1csc(CN[C@H]2CCCN(C(=O)OC(C)(C)C)C2)n1. The van der Waals surface area contributed by atoms with E-state index in [1.165, 1.54) is 0 Å². The second-order valence-electron chi connectivity index (χ2n) is 6.53. The highest BCUT2D eigenvalue weighted by Crippen LogP contribution is 2.16. The first-order valence-corrected chi connectivity index (χ1v) is 8.34. The number of carbonyl (C=O) groups is 1. The van der Waals surface area contributed by atoms with Crippen LogP contribution in [0.1, 0.15) is 44.3 Å². The molecule has 2 heterocycles. The lowest BCUT2D eigenvalue weighted by atomic mass is 10.1. The van der Waals surface area contributed by atoms with Gasteiger partial charge in [-0.2, -0.15) is 0 Å². The number of nitrogens with zero attached hydrogens (tertiary/aromatic N) is 2. The van der Waals surface area contributed by atoms with Crippen LogP contribution in [0.25, 0.3) is 0 Å². The molecule has 2 rings (SSSR count). The number of amides is 1. The third kappa shape index (κ3) is 5.28. The third-order valence-electron chi connectivity index (χ3n) is 3.28. The number of carbonyl (C=O) groups excluding carboxylic acids is 1. The summed E-state index contributed by atoms with van der Waals surface area (Å²) in [6, 6.07) is 0.315. The van der Waals surface area contributed by atoms with Crippen LogP contribution >= 0.6 is 11.3 Å². The predicted octanol–water partition coefficient (Wildman–Crippen LogP) is 2.94. The van der Waals surface area contributed by atoms with E-state index >= 15 is 0 Å². The highest BCUT2D eigenvalue weighted by molar-refractivity contribution is 7.09. The summed E-state index contributed by atoms with van der Waals surface area (Å²) in [6.45, 7) is 9.96. The smallest absolute Gasteiger partial charge is 0.410 e. The molecule has 1 N–H and O–H groups in total. The molecular weight excluding hydrogens is 286 g/mol.